The molecular formula is C11H8BrFN2O. The second kappa shape index (κ2) is 4.22. The summed E-state index contributed by atoms with van der Waals surface area (Å²) in [6, 6.07) is 5.90. The highest BCUT2D eigenvalue weighted by atomic mass is 79.9. The quantitative estimate of drug-likeness (QED) is 0.795. The molecule has 2 rings (SSSR count). The molecule has 0 bridgehead atoms. The first-order chi connectivity index (χ1) is 7.63. The van der Waals surface area contributed by atoms with Gasteiger partial charge in [-0.15, -0.1) is 0 Å². The molecule has 16 heavy (non-hydrogen) atoms. The Hall–Kier alpha value is -1.41. The van der Waals surface area contributed by atoms with Crippen LogP contribution in [0.3, 0.4) is 0 Å². The van der Waals surface area contributed by atoms with Gasteiger partial charge in [0, 0.05) is 10.9 Å². The van der Waals surface area contributed by atoms with Gasteiger partial charge in [-0.25, -0.2) is 4.39 Å². The van der Waals surface area contributed by atoms with Crippen LogP contribution in [0.2, 0.25) is 0 Å². The smallest absolute Gasteiger partial charge is 0.228 e. The van der Waals surface area contributed by atoms with E-state index in [1.807, 2.05) is 6.07 Å². The van der Waals surface area contributed by atoms with Gasteiger partial charge in [0.05, 0.1) is 11.8 Å². The molecule has 1 fully saturated rings. The first kappa shape index (κ1) is 11.1. The summed E-state index contributed by atoms with van der Waals surface area (Å²) in [6.45, 7) is 0. The fraction of sp³-hybridized carbons (Fsp3) is 0.273. The zero-order chi connectivity index (χ0) is 11.7. The Bertz CT molecular complexity index is 483. The van der Waals surface area contributed by atoms with Gasteiger partial charge in [0.2, 0.25) is 5.91 Å². The number of carbonyl (C=O) groups excluding carboxylic acids is 1. The van der Waals surface area contributed by atoms with Crippen molar-refractivity contribution in [1.82, 2.24) is 0 Å². The number of hydrogen-bond acceptors (Lipinski definition) is 2. The third kappa shape index (κ3) is 1.81. The molecule has 0 spiro atoms. The third-order valence-electron chi connectivity index (χ3n) is 2.53. The molecule has 1 aromatic carbocycles. The Morgan fingerprint density at radius 2 is 2.31 bits per heavy atom. The van der Waals surface area contributed by atoms with Crippen LogP contribution in [0.25, 0.3) is 0 Å². The zero-order valence-electron chi connectivity index (χ0n) is 8.28. The van der Waals surface area contributed by atoms with E-state index in [0.717, 1.165) is 0 Å². The second-order valence-corrected chi connectivity index (χ2v) is 4.46. The molecule has 1 amide bonds. The van der Waals surface area contributed by atoms with Gasteiger partial charge in [0.25, 0.3) is 0 Å². The van der Waals surface area contributed by atoms with Crippen LogP contribution in [0.4, 0.5) is 10.1 Å². The van der Waals surface area contributed by atoms with Gasteiger partial charge < -0.3 is 0 Å². The minimum Gasteiger partial charge on any atom is -0.293 e. The van der Waals surface area contributed by atoms with E-state index < -0.39 is 11.9 Å². The van der Waals surface area contributed by atoms with Gasteiger partial charge >= 0.3 is 0 Å². The molecule has 0 aromatic heterocycles. The van der Waals surface area contributed by atoms with Gasteiger partial charge in [-0.05, 0) is 24.6 Å². The van der Waals surface area contributed by atoms with Crippen molar-refractivity contribution in [3.63, 3.8) is 0 Å². The lowest BCUT2D eigenvalue weighted by atomic mass is 10.2. The number of carbonyl (C=O) groups is 1. The van der Waals surface area contributed by atoms with Gasteiger partial charge in [-0.3, -0.25) is 9.69 Å². The fourth-order valence-electron chi connectivity index (χ4n) is 1.78. The average molecular weight is 283 g/mol. The topological polar surface area (TPSA) is 44.1 Å². The Morgan fingerprint density at radius 1 is 1.56 bits per heavy atom. The van der Waals surface area contributed by atoms with Crippen molar-refractivity contribution in [3.05, 3.63) is 28.5 Å². The van der Waals surface area contributed by atoms with Crippen molar-refractivity contribution in [2.75, 3.05) is 4.90 Å². The summed E-state index contributed by atoms with van der Waals surface area (Å²) < 4.78 is 14.3. The summed E-state index contributed by atoms with van der Waals surface area (Å²) >= 11 is 3.14. The average Bonchev–Trinajstić information content (AvgIpc) is 2.60. The van der Waals surface area contributed by atoms with Crippen LogP contribution in [-0.4, -0.2) is 11.9 Å². The summed E-state index contributed by atoms with van der Waals surface area (Å²) in [5.74, 6) is -0.697. The van der Waals surface area contributed by atoms with E-state index in [1.165, 1.54) is 17.0 Å². The minimum absolute atomic E-state index is 0.178. The molecule has 0 radical (unpaired) electrons. The van der Waals surface area contributed by atoms with Crippen LogP contribution >= 0.6 is 15.9 Å². The van der Waals surface area contributed by atoms with E-state index in [1.54, 1.807) is 6.07 Å². The number of hydrogen-bond donors (Lipinski definition) is 0. The molecule has 1 atom stereocenters. The molecular weight excluding hydrogens is 275 g/mol. The lowest BCUT2D eigenvalue weighted by Crippen LogP contribution is -2.32. The highest BCUT2D eigenvalue weighted by Gasteiger charge is 2.33. The van der Waals surface area contributed by atoms with Crippen LogP contribution < -0.4 is 4.90 Å². The standard InChI is InChI=1S/C11H8BrFN2O/c12-7-1-3-10(9(13)5-7)15-8(6-14)2-4-11(15)16/h1,3,5,8H,2,4H2/t8-/m0/s1. The number of anilines is 1. The molecule has 1 aliphatic rings. The lowest BCUT2D eigenvalue weighted by molar-refractivity contribution is -0.117. The Balaban J connectivity index is 2.43. The lowest BCUT2D eigenvalue weighted by Gasteiger charge is -2.20. The largest absolute Gasteiger partial charge is 0.293 e. The van der Waals surface area contributed by atoms with E-state index in [-0.39, 0.29) is 11.6 Å². The van der Waals surface area contributed by atoms with Crippen molar-refractivity contribution in [3.8, 4) is 6.07 Å². The fourth-order valence-corrected chi connectivity index (χ4v) is 2.12. The van der Waals surface area contributed by atoms with Gasteiger partial charge in [0.15, 0.2) is 0 Å². The number of rotatable bonds is 1. The van der Waals surface area contributed by atoms with Crippen LogP contribution in [0, 0.1) is 17.1 Å². The number of nitriles is 1. The first-order valence-electron chi connectivity index (χ1n) is 4.80. The van der Waals surface area contributed by atoms with Crippen molar-refractivity contribution in [1.29, 1.82) is 5.26 Å². The minimum atomic E-state index is -0.553. The molecule has 5 heteroatoms. The Labute approximate surface area is 101 Å². The second-order valence-electron chi connectivity index (χ2n) is 3.54. The maximum Gasteiger partial charge on any atom is 0.228 e. The molecule has 0 unspecified atom stereocenters. The summed E-state index contributed by atoms with van der Waals surface area (Å²) in [6.07, 6.45) is 0.762. The van der Waals surface area contributed by atoms with E-state index in [4.69, 9.17) is 5.26 Å². The molecule has 1 saturated heterocycles. The van der Waals surface area contributed by atoms with Crippen molar-refractivity contribution < 1.29 is 9.18 Å². The molecule has 0 aliphatic carbocycles. The first-order valence-corrected chi connectivity index (χ1v) is 5.59. The van der Waals surface area contributed by atoms with Gasteiger partial charge in [0.1, 0.15) is 11.9 Å². The monoisotopic (exact) mass is 282 g/mol. The zero-order valence-corrected chi connectivity index (χ0v) is 9.87. The van der Waals surface area contributed by atoms with Crippen LogP contribution in [0.15, 0.2) is 22.7 Å². The summed E-state index contributed by atoms with van der Waals surface area (Å²) in [5.41, 5.74) is 0.178. The molecule has 1 heterocycles. The number of nitrogens with zero attached hydrogens (tertiary/aromatic N) is 2. The van der Waals surface area contributed by atoms with E-state index >= 15 is 0 Å². The molecule has 0 saturated carbocycles. The maximum atomic E-state index is 13.7. The van der Waals surface area contributed by atoms with E-state index in [2.05, 4.69) is 15.9 Å². The van der Waals surface area contributed by atoms with E-state index in [0.29, 0.717) is 17.3 Å². The van der Waals surface area contributed by atoms with Crippen molar-refractivity contribution >= 4 is 27.5 Å². The predicted molar refractivity (Wildman–Crippen MR) is 60.2 cm³/mol. The Morgan fingerprint density at radius 3 is 2.94 bits per heavy atom. The summed E-state index contributed by atoms with van der Waals surface area (Å²) in [5, 5.41) is 8.89. The van der Waals surface area contributed by atoms with Crippen molar-refractivity contribution in [2.45, 2.75) is 18.9 Å². The van der Waals surface area contributed by atoms with Crippen LogP contribution in [0.1, 0.15) is 12.8 Å². The van der Waals surface area contributed by atoms with Crippen LogP contribution in [0.5, 0.6) is 0 Å². The summed E-state index contributed by atoms with van der Waals surface area (Å²) in [4.78, 5) is 12.8. The molecule has 82 valence electrons. The third-order valence-corrected chi connectivity index (χ3v) is 3.02. The maximum absolute atomic E-state index is 13.7. The Kier molecular flexibility index (Phi) is 2.92. The van der Waals surface area contributed by atoms with Crippen LogP contribution in [-0.2, 0) is 4.79 Å². The molecule has 3 nitrogen and oxygen atoms in total. The predicted octanol–water partition coefficient (Wildman–Crippen LogP) is 2.61. The number of amides is 1. The molecule has 0 N–H and O–H groups in total. The van der Waals surface area contributed by atoms with Gasteiger partial charge in [-0.2, -0.15) is 5.26 Å². The number of halogens is 2. The van der Waals surface area contributed by atoms with E-state index in [9.17, 15) is 9.18 Å². The molecule has 1 aliphatic heterocycles. The highest BCUT2D eigenvalue weighted by molar-refractivity contribution is 9.10. The molecule has 1 aromatic rings. The normalized spacial score (nSPS) is 19.9. The number of benzene rings is 1. The van der Waals surface area contributed by atoms with Gasteiger partial charge in [-0.1, -0.05) is 15.9 Å². The summed E-state index contributed by atoms with van der Waals surface area (Å²) in [7, 11) is 0. The highest BCUT2D eigenvalue weighted by Crippen LogP contribution is 2.30. The SMILES string of the molecule is N#C[C@@H]1CCC(=O)N1c1ccc(Br)cc1F. The van der Waals surface area contributed by atoms with Crippen molar-refractivity contribution in [2.24, 2.45) is 0 Å².